The number of rotatable bonds is 2. The number of aryl methyl sites for hydroxylation is 1. The predicted molar refractivity (Wildman–Crippen MR) is 65.7 cm³/mol. The van der Waals surface area contributed by atoms with Gasteiger partial charge in [-0.25, -0.2) is 9.18 Å². The molecule has 4 nitrogen and oxygen atoms in total. The van der Waals surface area contributed by atoms with Crippen molar-refractivity contribution < 1.29 is 18.4 Å². The van der Waals surface area contributed by atoms with Crippen LogP contribution < -0.4 is 0 Å². The molecule has 0 aliphatic heterocycles. The Kier molecular flexibility index (Phi) is 3.47. The Labute approximate surface area is 111 Å². The molecule has 0 aliphatic rings. The lowest BCUT2D eigenvalue weighted by atomic mass is 10.1. The number of hydrogen-bond donors (Lipinski definition) is 0. The summed E-state index contributed by atoms with van der Waals surface area (Å²) in [5, 5.41) is 3.72. The zero-order chi connectivity index (χ0) is 13.3. The van der Waals surface area contributed by atoms with E-state index in [-0.39, 0.29) is 27.1 Å². The molecule has 1 aromatic heterocycles. The number of benzene rings is 1. The first kappa shape index (κ1) is 12.8. The van der Waals surface area contributed by atoms with Crippen LogP contribution in [-0.2, 0) is 4.74 Å². The molecule has 0 N–H and O–H groups in total. The van der Waals surface area contributed by atoms with E-state index in [1.165, 1.54) is 13.2 Å². The van der Waals surface area contributed by atoms with Gasteiger partial charge in [-0.3, -0.25) is 0 Å². The van der Waals surface area contributed by atoms with Crippen LogP contribution in [0.25, 0.3) is 11.3 Å². The highest BCUT2D eigenvalue weighted by molar-refractivity contribution is 9.10. The Hall–Kier alpha value is -1.69. The van der Waals surface area contributed by atoms with Crippen LogP contribution in [0, 0.1) is 12.7 Å². The number of hydrogen-bond acceptors (Lipinski definition) is 4. The van der Waals surface area contributed by atoms with Crippen molar-refractivity contribution in [2.75, 3.05) is 7.11 Å². The molecule has 1 aromatic carbocycles. The van der Waals surface area contributed by atoms with Crippen LogP contribution in [0.5, 0.6) is 0 Å². The summed E-state index contributed by atoms with van der Waals surface area (Å²) in [4.78, 5) is 11.6. The second-order valence-electron chi connectivity index (χ2n) is 3.56. The maximum Gasteiger partial charge on any atom is 0.343 e. The highest BCUT2D eigenvalue weighted by Crippen LogP contribution is 2.31. The molecular weight excluding hydrogens is 305 g/mol. The van der Waals surface area contributed by atoms with Crippen LogP contribution >= 0.6 is 15.9 Å². The van der Waals surface area contributed by atoms with E-state index < -0.39 is 11.8 Å². The lowest BCUT2D eigenvalue weighted by Crippen LogP contribution is -2.04. The Morgan fingerprint density at radius 1 is 1.50 bits per heavy atom. The second kappa shape index (κ2) is 4.89. The van der Waals surface area contributed by atoms with Gasteiger partial charge >= 0.3 is 5.97 Å². The molecule has 0 aliphatic carbocycles. The van der Waals surface area contributed by atoms with Crippen molar-refractivity contribution in [3.63, 3.8) is 0 Å². The molecule has 94 valence electrons. The molecule has 18 heavy (non-hydrogen) atoms. The fraction of sp³-hybridized carbons (Fsp3) is 0.167. The summed E-state index contributed by atoms with van der Waals surface area (Å²) in [6.07, 6.45) is 0. The van der Waals surface area contributed by atoms with Crippen molar-refractivity contribution in [1.82, 2.24) is 5.16 Å². The van der Waals surface area contributed by atoms with Crippen molar-refractivity contribution in [1.29, 1.82) is 0 Å². The average Bonchev–Trinajstić information content (AvgIpc) is 2.73. The number of carbonyl (C=O) groups excluding carboxylic acids is 1. The van der Waals surface area contributed by atoms with Gasteiger partial charge in [-0.1, -0.05) is 11.2 Å². The van der Waals surface area contributed by atoms with E-state index in [4.69, 9.17) is 4.52 Å². The summed E-state index contributed by atoms with van der Waals surface area (Å²) in [6, 6.07) is 4.72. The fourth-order valence-electron chi connectivity index (χ4n) is 1.59. The minimum absolute atomic E-state index is 0.134. The lowest BCUT2D eigenvalue weighted by Gasteiger charge is -2.03. The van der Waals surface area contributed by atoms with Crippen molar-refractivity contribution in [3.8, 4) is 11.3 Å². The van der Waals surface area contributed by atoms with Crippen LogP contribution in [0.2, 0.25) is 0 Å². The molecular formula is C12H9BrFNO3. The van der Waals surface area contributed by atoms with Crippen molar-refractivity contribution in [2.45, 2.75) is 6.92 Å². The molecule has 6 heteroatoms. The Morgan fingerprint density at radius 2 is 2.22 bits per heavy atom. The van der Waals surface area contributed by atoms with Gasteiger partial charge in [0.2, 0.25) is 0 Å². The van der Waals surface area contributed by atoms with Crippen LogP contribution in [0.15, 0.2) is 27.2 Å². The fourth-order valence-corrected chi connectivity index (χ4v) is 1.95. The predicted octanol–water partition coefficient (Wildman–Crippen LogP) is 3.34. The monoisotopic (exact) mass is 313 g/mol. The minimum atomic E-state index is -0.608. The van der Waals surface area contributed by atoms with E-state index >= 15 is 0 Å². The van der Waals surface area contributed by atoms with E-state index in [2.05, 4.69) is 25.8 Å². The molecule has 0 saturated heterocycles. The van der Waals surface area contributed by atoms with Gasteiger partial charge in [0.05, 0.1) is 11.6 Å². The zero-order valence-corrected chi connectivity index (χ0v) is 11.2. The zero-order valence-electron chi connectivity index (χ0n) is 9.66. The third-order valence-corrected chi connectivity index (χ3v) is 3.07. The number of ether oxygens (including phenoxy) is 1. The summed E-state index contributed by atoms with van der Waals surface area (Å²) in [5.74, 6) is -0.824. The summed E-state index contributed by atoms with van der Waals surface area (Å²) >= 11 is 3.08. The van der Waals surface area contributed by atoms with Crippen LogP contribution in [0.3, 0.4) is 0 Å². The summed E-state index contributed by atoms with van der Waals surface area (Å²) in [5.41, 5.74) is 0.453. The number of esters is 1. The Balaban J connectivity index is 2.65. The van der Waals surface area contributed by atoms with E-state index in [1.54, 1.807) is 19.1 Å². The Morgan fingerprint density at radius 3 is 2.89 bits per heavy atom. The molecule has 0 unspecified atom stereocenters. The molecule has 0 amide bonds. The highest BCUT2D eigenvalue weighted by atomic mass is 79.9. The van der Waals surface area contributed by atoms with Crippen molar-refractivity contribution in [3.05, 3.63) is 39.8 Å². The van der Waals surface area contributed by atoms with Gasteiger partial charge in [-0.05, 0) is 35.0 Å². The van der Waals surface area contributed by atoms with Gasteiger partial charge in [-0.15, -0.1) is 0 Å². The molecule has 0 radical (unpaired) electrons. The average molecular weight is 314 g/mol. The maximum absolute atomic E-state index is 14.0. The number of nitrogens with zero attached hydrogens (tertiary/aromatic N) is 1. The minimum Gasteiger partial charge on any atom is -0.465 e. The molecule has 0 saturated carbocycles. The van der Waals surface area contributed by atoms with Crippen molar-refractivity contribution >= 4 is 21.9 Å². The third-order valence-electron chi connectivity index (χ3n) is 2.46. The second-order valence-corrected chi connectivity index (χ2v) is 4.41. The normalized spacial score (nSPS) is 10.4. The maximum atomic E-state index is 14.0. The molecule has 0 atom stereocenters. The smallest absolute Gasteiger partial charge is 0.343 e. The summed E-state index contributed by atoms with van der Waals surface area (Å²) < 4.78 is 23.8. The molecule has 0 fully saturated rings. The molecule has 1 heterocycles. The van der Waals surface area contributed by atoms with E-state index in [1.807, 2.05) is 0 Å². The number of carbonyl (C=O) groups is 1. The molecule has 2 rings (SSSR count). The SMILES string of the molecule is COC(=O)c1c(-c2cccc(Br)c2F)noc1C. The largest absolute Gasteiger partial charge is 0.465 e. The summed E-state index contributed by atoms with van der Waals surface area (Å²) in [7, 11) is 1.25. The van der Waals surface area contributed by atoms with Crippen LogP contribution in [-0.4, -0.2) is 18.2 Å². The first-order valence-electron chi connectivity index (χ1n) is 5.05. The van der Waals surface area contributed by atoms with Gasteiger partial charge < -0.3 is 9.26 Å². The van der Waals surface area contributed by atoms with Gasteiger partial charge in [0, 0.05) is 5.56 Å². The first-order valence-corrected chi connectivity index (χ1v) is 5.84. The van der Waals surface area contributed by atoms with E-state index in [0.717, 1.165) is 0 Å². The van der Waals surface area contributed by atoms with Gasteiger partial charge in [0.15, 0.2) is 0 Å². The lowest BCUT2D eigenvalue weighted by molar-refractivity contribution is 0.0599. The van der Waals surface area contributed by atoms with Gasteiger partial charge in [0.25, 0.3) is 0 Å². The summed E-state index contributed by atoms with van der Waals surface area (Å²) in [6.45, 7) is 1.57. The van der Waals surface area contributed by atoms with E-state index in [0.29, 0.717) is 0 Å². The van der Waals surface area contributed by atoms with E-state index in [9.17, 15) is 9.18 Å². The van der Waals surface area contributed by atoms with Gasteiger partial charge in [0.1, 0.15) is 22.8 Å². The number of methoxy groups -OCH3 is 1. The standard InChI is InChI=1S/C12H9BrFNO3/c1-6-9(12(16)17-2)11(15-18-6)7-4-3-5-8(13)10(7)14/h3-5H,1-2H3. The van der Waals surface area contributed by atoms with Gasteiger partial charge in [-0.2, -0.15) is 0 Å². The first-order chi connectivity index (χ1) is 8.56. The third kappa shape index (κ3) is 2.03. The number of aromatic nitrogens is 1. The number of halogens is 2. The van der Waals surface area contributed by atoms with Crippen LogP contribution in [0.4, 0.5) is 4.39 Å². The topological polar surface area (TPSA) is 52.3 Å². The van der Waals surface area contributed by atoms with Crippen LogP contribution in [0.1, 0.15) is 16.1 Å². The molecule has 0 spiro atoms. The quantitative estimate of drug-likeness (QED) is 0.798. The Bertz CT molecular complexity index is 609. The highest BCUT2D eigenvalue weighted by Gasteiger charge is 2.24. The molecule has 2 aromatic rings. The van der Waals surface area contributed by atoms with Crippen molar-refractivity contribution in [2.24, 2.45) is 0 Å². The molecule has 0 bridgehead atoms.